The maximum absolute atomic E-state index is 6.30. The first-order valence-corrected chi connectivity index (χ1v) is 5.32. The Labute approximate surface area is 87.9 Å². The van der Waals surface area contributed by atoms with Crippen LogP contribution in [0.1, 0.15) is 40.0 Å². The van der Waals surface area contributed by atoms with Crippen molar-refractivity contribution in [2.75, 3.05) is 0 Å². The third-order valence-electron chi connectivity index (χ3n) is 4.82. The summed E-state index contributed by atoms with van der Waals surface area (Å²) in [6, 6.07) is 0.483. The molecule has 2 fully saturated rings. The van der Waals surface area contributed by atoms with Crippen LogP contribution in [0, 0.1) is 23.2 Å². The molecular weight excluding hydrogens is 182 g/mol. The molecule has 0 saturated heterocycles. The molecule has 2 bridgehead atoms. The van der Waals surface area contributed by atoms with Gasteiger partial charge in [0.1, 0.15) is 0 Å². The SMILES string of the molecule is CC(C)[C@@]1(C)[C@H]2CC[C@H](C2)[C@H]1N.Cl. The van der Waals surface area contributed by atoms with Gasteiger partial charge in [-0.2, -0.15) is 0 Å². The van der Waals surface area contributed by atoms with E-state index >= 15 is 0 Å². The van der Waals surface area contributed by atoms with E-state index in [0.29, 0.717) is 11.5 Å². The van der Waals surface area contributed by atoms with Gasteiger partial charge in [-0.15, -0.1) is 12.4 Å². The molecule has 0 spiro atoms. The van der Waals surface area contributed by atoms with Crippen LogP contribution in [-0.4, -0.2) is 6.04 Å². The first-order chi connectivity index (χ1) is 5.56. The van der Waals surface area contributed by atoms with E-state index in [1.165, 1.54) is 19.3 Å². The topological polar surface area (TPSA) is 26.0 Å². The van der Waals surface area contributed by atoms with Gasteiger partial charge in [-0.3, -0.25) is 0 Å². The van der Waals surface area contributed by atoms with E-state index in [9.17, 15) is 0 Å². The monoisotopic (exact) mass is 203 g/mol. The van der Waals surface area contributed by atoms with Crippen molar-refractivity contribution < 1.29 is 0 Å². The third-order valence-corrected chi connectivity index (χ3v) is 4.82. The van der Waals surface area contributed by atoms with Crippen molar-refractivity contribution in [2.24, 2.45) is 28.9 Å². The lowest BCUT2D eigenvalue weighted by Gasteiger charge is -2.42. The fraction of sp³-hybridized carbons (Fsp3) is 1.00. The molecule has 2 aliphatic rings. The number of fused-ring (bicyclic) bond motifs is 2. The number of nitrogens with two attached hydrogens (primary N) is 1. The Bertz CT molecular complexity index is 189. The summed E-state index contributed by atoms with van der Waals surface area (Å²) in [4.78, 5) is 0. The van der Waals surface area contributed by atoms with Crippen molar-refractivity contribution in [1.29, 1.82) is 0 Å². The summed E-state index contributed by atoms with van der Waals surface area (Å²) in [5.74, 6) is 2.53. The van der Waals surface area contributed by atoms with Crippen molar-refractivity contribution in [3.8, 4) is 0 Å². The molecule has 2 N–H and O–H groups in total. The number of halogens is 1. The molecule has 78 valence electrons. The Hall–Kier alpha value is 0.250. The smallest absolute Gasteiger partial charge is 0.0127 e. The minimum absolute atomic E-state index is 0. The Morgan fingerprint density at radius 1 is 1.31 bits per heavy atom. The van der Waals surface area contributed by atoms with Crippen LogP contribution >= 0.6 is 12.4 Å². The predicted octanol–water partition coefficient (Wildman–Crippen LogP) is 2.83. The molecule has 2 heteroatoms. The molecule has 0 radical (unpaired) electrons. The second-order valence-corrected chi connectivity index (χ2v) is 5.32. The molecule has 0 unspecified atom stereocenters. The van der Waals surface area contributed by atoms with Crippen molar-refractivity contribution in [3.05, 3.63) is 0 Å². The lowest BCUT2D eigenvalue weighted by molar-refractivity contribution is 0.0930. The average Bonchev–Trinajstić information content (AvgIpc) is 2.55. The van der Waals surface area contributed by atoms with Gasteiger partial charge in [0.05, 0.1) is 0 Å². The molecule has 2 saturated carbocycles. The van der Waals surface area contributed by atoms with Crippen LogP contribution in [0.4, 0.5) is 0 Å². The van der Waals surface area contributed by atoms with Gasteiger partial charge in [-0.1, -0.05) is 20.8 Å². The summed E-state index contributed by atoms with van der Waals surface area (Å²) in [6.45, 7) is 7.08. The summed E-state index contributed by atoms with van der Waals surface area (Å²) in [5.41, 5.74) is 6.75. The van der Waals surface area contributed by atoms with E-state index < -0.39 is 0 Å². The molecule has 13 heavy (non-hydrogen) atoms. The molecule has 0 amide bonds. The second kappa shape index (κ2) is 3.43. The zero-order chi connectivity index (χ0) is 8.93. The Kier molecular flexibility index (Phi) is 2.99. The van der Waals surface area contributed by atoms with Gasteiger partial charge in [0.2, 0.25) is 0 Å². The largest absolute Gasteiger partial charge is 0.327 e. The van der Waals surface area contributed by atoms with Crippen molar-refractivity contribution in [3.63, 3.8) is 0 Å². The number of hydrogen-bond acceptors (Lipinski definition) is 1. The van der Waals surface area contributed by atoms with Gasteiger partial charge in [0.25, 0.3) is 0 Å². The molecule has 4 atom stereocenters. The molecule has 0 aromatic heterocycles. The van der Waals surface area contributed by atoms with Gasteiger partial charge >= 0.3 is 0 Å². The molecule has 2 aliphatic carbocycles. The van der Waals surface area contributed by atoms with E-state index in [2.05, 4.69) is 20.8 Å². The van der Waals surface area contributed by atoms with E-state index in [1.54, 1.807) is 0 Å². The highest BCUT2D eigenvalue weighted by atomic mass is 35.5. The third kappa shape index (κ3) is 1.32. The first-order valence-electron chi connectivity index (χ1n) is 5.32. The lowest BCUT2D eigenvalue weighted by atomic mass is 9.65. The first kappa shape index (κ1) is 11.3. The summed E-state index contributed by atoms with van der Waals surface area (Å²) in [6.07, 6.45) is 4.25. The van der Waals surface area contributed by atoms with E-state index in [-0.39, 0.29) is 12.4 Å². The van der Waals surface area contributed by atoms with E-state index in [1.807, 2.05) is 0 Å². The van der Waals surface area contributed by atoms with Crippen LogP contribution in [-0.2, 0) is 0 Å². The van der Waals surface area contributed by atoms with Crippen molar-refractivity contribution >= 4 is 12.4 Å². The summed E-state index contributed by atoms with van der Waals surface area (Å²) < 4.78 is 0. The zero-order valence-electron chi connectivity index (χ0n) is 8.92. The number of hydrogen-bond donors (Lipinski definition) is 1. The van der Waals surface area contributed by atoms with Crippen molar-refractivity contribution in [1.82, 2.24) is 0 Å². The molecule has 0 heterocycles. The molecule has 1 nitrogen and oxygen atoms in total. The van der Waals surface area contributed by atoms with Crippen LogP contribution in [0.3, 0.4) is 0 Å². The van der Waals surface area contributed by atoms with E-state index in [4.69, 9.17) is 5.73 Å². The minimum Gasteiger partial charge on any atom is -0.327 e. The molecule has 0 aromatic carbocycles. The highest BCUT2D eigenvalue weighted by molar-refractivity contribution is 5.85. The van der Waals surface area contributed by atoms with E-state index in [0.717, 1.165) is 17.8 Å². The Morgan fingerprint density at radius 2 is 1.92 bits per heavy atom. The minimum atomic E-state index is 0. The summed E-state index contributed by atoms with van der Waals surface area (Å²) in [7, 11) is 0. The maximum atomic E-state index is 6.30. The van der Waals surface area contributed by atoms with Crippen LogP contribution in [0.5, 0.6) is 0 Å². The van der Waals surface area contributed by atoms with Crippen LogP contribution < -0.4 is 5.73 Å². The van der Waals surface area contributed by atoms with Gasteiger partial charge < -0.3 is 5.73 Å². The van der Waals surface area contributed by atoms with Gasteiger partial charge in [-0.25, -0.2) is 0 Å². The highest BCUT2D eigenvalue weighted by Gasteiger charge is 2.54. The highest BCUT2D eigenvalue weighted by Crippen LogP contribution is 2.58. The molecular formula is C11H22ClN. The van der Waals surface area contributed by atoms with Crippen LogP contribution in [0.15, 0.2) is 0 Å². The summed E-state index contributed by atoms with van der Waals surface area (Å²) >= 11 is 0. The maximum Gasteiger partial charge on any atom is 0.0127 e. The van der Waals surface area contributed by atoms with Gasteiger partial charge in [0, 0.05) is 6.04 Å². The standard InChI is InChI=1S/C11H21N.ClH/c1-7(2)11(3)9-5-4-8(6-9)10(11)12;/h7-10H,4-6,12H2,1-3H3;1H/t8-,9+,10-,11+;/m1./s1. The fourth-order valence-corrected chi connectivity index (χ4v) is 3.54. The predicted molar refractivity (Wildman–Crippen MR) is 59.0 cm³/mol. The van der Waals surface area contributed by atoms with Crippen molar-refractivity contribution in [2.45, 2.75) is 46.1 Å². The zero-order valence-corrected chi connectivity index (χ0v) is 9.73. The quantitative estimate of drug-likeness (QED) is 0.697. The molecule has 0 aromatic rings. The fourth-order valence-electron chi connectivity index (χ4n) is 3.54. The van der Waals surface area contributed by atoms with Crippen LogP contribution in [0.2, 0.25) is 0 Å². The van der Waals surface area contributed by atoms with Crippen LogP contribution in [0.25, 0.3) is 0 Å². The number of rotatable bonds is 1. The second-order valence-electron chi connectivity index (χ2n) is 5.32. The lowest BCUT2D eigenvalue weighted by Crippen LogP contribution is -2.47. The van der Waals surface area contributed by atoms with Gasteiger partial charge in [-0.05, 0) is 42.4 Å². The normalized spacial score (nSPS) is 48.2. The Balaban J connectivity index is 0.000000845. The summed E-state index contributed by atoms with van der Waals surface area (Å²) in [5, 5.41) is 0. The average molecular weight is 204 g/mol. The molecule has 0 aliphatic heterocycles. The van der Waals surface area contributed by atoms with Gasteiger partial charge in [0.15, 0.2) is 0 Å². The Morgan fingerprint density at radius 3 is 2.23 bits per heavy atom. The molecule has 2 rings (SSSR count).